The molecular formula is C7H7F7O2. The van der Waals surface area contributed by atoms with Crippen molar-refractivity contribution in [2.24, 2.45) is 0 Å². The Balaban J connectivity index is 5.19. The molecule has 0 aliphatic heterocycles. The summed E-state index contributed by atoms with van der Waals surface area (Å²) >= 11 is 0. The van der Waals surface area contributed by atoms with Crippen LogP contribution in [0, 0.1) is 0 Å². The highest BCUT2D eigenvalue weighted by Gasteiger charge is 2.78. The summed E-state index contributed by atoms with van der Waals surface area (Å²) in [5.74, 6) is -2.99. The van der Waals surface area contributed by atoms with E-state index in [4.69, 9.17) is 0 Å². The lowest BCUT2D eigenvalue weighted by molar-refractivity contribution is -0.332. The van der Waals surface area contributed by atoms with Crippen LogP contribution in [0.15, 0.2) is 0 Å². The summed E-state index contributed by atoms with van der Waals surface area (Å²) in [7, 11) is 0. The Labute approximate surface area is 85.4 Å². The Bertz CT molecular complexity index is 240. The highest BCUT2D eigenvalue weighted by atomic mass is 19.4. The highest BCUT2D eigenvalue weighted by Crippen LogP contribution is 2.46. The Morgan fingerprint density at radius 3 is 1.62 bits per heavy atom. The van der Waals surface area contributed by atoms with Gasteiger partial charge in [0.25, 0.3) is 0 Å². The molecular weight excluding hydrogens is 249 g/mol. The molecule has 9 heteroatoms. The van der Waals surface area contributed by atoms with Gasteiger partial charge in [0, 0.05) is 0 Å². The predicted octanol–water partition coefficient (Wildman–Crippen LogP) is 2.77. The molecule has 0 heterocycles. The fourth-order valence-corrected chi connectivity index (χ4v) is 0.686. The molecule has 0 rings (SSSR count). The van der Waals surface area contributed by atoms with E-state index in [1.165, 1.54) is 6.92 Å². The Hall–Kier alpha value is -1.02. The second-order valence-electron chi connectivity index (χ2n) is 2.79. The van der Waals surface area contributed by atoms with Gasteiger partial charge >= 0.3 is 24.0 Å². The van der Waals surface area contributed by atoms with Crippen LogP contribution < -0.4 is 0 Å². The number of carbonyl (C=O) groups is 1. The molecule has 0 N–H and O–H groups in total. The van der Waals surface area contributed by atoms with Crippen molar-refractivity contribution in [1.29, 1.82) is 0 Å². The standard InChI is InChI=1S/C7H7F7O2/c1-2-3-16-4(15)5(8,6(9,10)11)7(12,13)14/h2-3H2,1H3. The summed E-state index contributed by atoms with van der Waals surface area (Å²) in [5, 5.41) is 0. The summed E-state index contributed by atoms with van der Waals surface area (Å²) in [6, 6.07) is 0. The van der Waals surface area contributed by atoms with Crippen molar-refractivity contribution < 1.29 is 40.3 Å². The van der Waals surface area contributed by atoms with E-state index in [9.17, 15) is 35.5 Å². The SMILES string of the molecule is CCCOC(=O)C(F)(C(F)(F)F)C(F)(F)F. The van der Waals surface area contributed by atoms with Crippen LogP contribution in [-0.2, 0) is 9.53 Å². The maximum atomic E-state index is 12.8. The summed E-state index contributed by atoms with van der Waals surface area (Å²) in [4.78, 5) is 10.5. The van der Waals surface area contributed by atoms with Gasteiger partial charge in [-0.2, -0.15) is 26.3 Å². The third-order valence-corrected chi connectivity index (χ3v) is 1.50. The molecule has 0 bridgehead atoms. The van der Waals surface area contributed by atoms with Crippen molar-refractivity contribution >= 4 is 5.97 Å². The van der Waals surface area contributed by atoms with Crippen molar-refractivity contribution in [1.82, 2.24) is 0 Å². The zero-order chi connectivity index (χ0) is 13.2. The van der Waals surface area contributed by atoms with Crippen LogP contribution in [0.25, 0.3) is 0 Å². The second kappa shape index (κ2) is 4.46. The van der Waals surface area contributed by atoms with Gasteiger partial charge in [-0.1, -0.05) is 6.92 Å². The minimum atomic E-state index is -6.41. The number of hydrogen-bond acceptors (Lipinski definition) is 2. The lowest BCUT2D eigenvalue weighted by Gasteiger charge is -2.27. The van der Waals surface area contributed by atoms with Crippen molar-refractivity contribution in [3.63, 3.8) is 0 Å². The van der Waals surface area contributed by atoms with Crippen molar-refractivity contribution in [2.75, 3.05) is 6.61 Å². The Kier molecular flexibility index (Phi) is 4.18. The lowest BCUT2D eigenvalue weighted by Crippen LogP contribution is -2.59. The van der Waals surface area contributed by atoms with Gasteiger partial charge in [-0.25, -0.2) is 9.18 Å². The van der Waals surface area contributed by atoms with Crippen LogP contribution in [0.3, 0.4) is 0 Å². The zero-order valence-electron chi connectivity index (χ0n) is 7.88. The number of halogens is 7. The van der Waals surface area contributed by atoms with Crippen molar-refractivity contribution in [3.8, 4) is 0 Å². The van der Waals surface area contributed by atoms with Gasteiger partial charge in [0.2, 0.25) is 0 Å². The molecule has 0 amide bonds. The smallest absolute Gasteiger partial charge is 0.442 e. The second-order valence-corrected chi connectivity index (χ2v) is 2.79. The van der Waals surface area contributed by atoms with Crippen LogP contribution in [0.5, 0.6) is 0 Å². The van der Waals surface area contributed by atoms with Crippen LogP contribution in [0.1, 0.15) is 13.3 Å². The maximum absolute atomic E-state index is 12.8. The molecule has 0 radical (unpaired) electrons. The molecule has 0 fully saturated rings. The minimum Gasteiger partial charge on any atom is -0.463 e. The van der Waals surface area contributed by atoms with E-state index >= 15 is 0 Å². The third-order valence-electron chi connectivity index (χ3n) is 1.50. The lowest BCUT2D eigenvalue weighted by atomic mass is 10.1. The van der Waals surface area contributed by atoms with E-state index in [1.54, 1.807) is 0 Å². The maximum Gasteiger partial charge on any atom is 0.442 e. The molecule has 96 valence electrons. The van der Waals surface area contributed by atoms with Gasteiger partial charge in [0.1, 0.15) is 0 Å². The van der Waals surface area contributed by atoms with Gasteiger partial charge in [-0.05, 0) is 6.42 Å². The fraction of sp³-hybridized carbons (Fsp3) is 0.857. The summed E-state index contributed by atoms with van der Waals surface area (Å²) in [6.07, 6.45) is -12.8. The molecule has 0 aromatic carbocycles. The van der Waals surface area contributed by atoms with Gasteiger partial charge < -0.3 is 4.74 Å². The quantitative estimate of drug-likeness (QED) is 0.573. The first-order valence-corrected chi connectivity index (χ1v) is 3.98. The summed E-state index contributed by atoms with van der Waals surface area (Å²) < 4.78 is 87.6. The Morgan fingerprint density at radius 1 is 1.00 bits per heavy atom. The highest BCUT2D eigenvalue weighted by molar-refractivity contribution is 5.81. The molecule has 0 aromatic heterocycles. The van der Waals surface area contributed by atoms with Crippen LogP contribution in [-0.4, -0.2) is 30.6 Å². The number of esters is 1. The van der Waals surface area contributed by atoms with Gasteiger partial charge in [0.15, 0.2) is 0 Å². The van der Waals surface area contributed by atoms with Gasteiger partial charge in [-0.15, -0.1) is 0 Å². The Morgan fingerprint density at radius 2 is 1.38 bits per heavy atom. The number of rotatable bonds is 3. The number of carbonyl (C=O) groups excluding carboxylic acids is 1. The molecule has 0 aliphatic carbocycles. The predicted molar refractivity (Wildman–Crippen MR) is 37.2 cm³/mol. The third kappa shape index (κ3) is 2.56. The molecule has 0 saturated carbocycles. The molecule has 0 atom stereocenters. The number of hydrogen-bond donors (Lipinski definition) is 0. The average molecular weight is 256 g/mol. The van der Waals surface area contributed by atoms with E-state index in [2.05, 4.69) is 4.74 Å². The van der Waals surface area contributed by atoms with E-state index < -0.39 is 30.6 Å². The first kappa shape index (κ1) is 15.0. The number of alkyl halides is 7. The van der Waals surface area contributed by atoms with E-state index in [0.717, 1.165) is 0 Å². The molecule has 0 spiro atoms. The molecule has 0 aliphatic rings. The largest absolute Gasteiger partial charge is 0.463 e. The fourth-order valence-electron chi connectivity index (χ4n) is 0.686. The topological polar surface area (TPSA) is 26.3 Å². The van der Waals surface area contributed by atoms with E-state index in [-0.39, 0.29) is 6.42 Å². The van der Waals surface area contributed by atoms with Crippen LogP contribution in [0.2, 0.25) is 0 Å². The first-order valence-electron chi connectivity index (χ1n) is 3.98. The minimum absolute atomic E-state index is 0.0302. The van der Waals surface area contributed by atoms with Gasteiger partial charge in [0.05, 0.1) is 6.61 Å². The average Bonchev–Trinajstić information content (AvgIpc) is 2.08. The summed E-state index contributed by atoms with van der Waals surface area (Å²) in [5.41, 5.74) is -5.98. The summed E-state index contributed by atoms with van der Waals surface area (Å²) in [6.45, 7) is 0.602. The normalized spacial score (nSPS) is 13.8. The van der Waals surface area contributed by atoms with E-state index in [0.29, 0.717) is 0 Å². The molecule has 0 saturated heterocycles. The molecule has 0 aromatic rings. The van der Waals surface area contributed by atoms with Crippen LogP contribution in [0.4, 0.5) is 30.7 Å². The first-order chi connectivity index (χ1) is 6.98. The number of ether oxygens (including phenoxy) is 1. The molecule has 0 unspecified atom stereocenters. The van der Waals surface area contributed by atoms with Crippen LogP contribution >= 0.6 is 0 Å². The van der Waals surface area contributed by atoms with E-state index in [1.807, 2.05) is 0 Å². The van der Waals surface area contributed by atoms with Gasteiger partial charge in [-0.3, -0.25) is 0 Å². The molecule has 2 nitrogen and oxygen atoms in total. The molecule has 16 heavy (non-hydrogen) atoms. The monoisotopic (exact) mass is 256 g/mol. The zero-order valence-corrected chi connectivity index (χ0v) is 7.88. The van der Waals surface area contributed by atoms with Crippen molar-refractivity contribution in [2.45, 2.75) is 31.4 Å². The van der Waals surface area contributed by atoms with Crippen molar-refractivity contribution in [3.05, 3.63) is 0 Å².